The van der Waals surface area contributed by atoms with Crippen LogP contribution in [0.25, 0.3) is 0 Å². The maximum Gasteiger partial charge on any atom is 0.0177 e. The van der Waals surface area contributed by atoms with Crippen molar-refractivity contribution in [1.29, 1.82) is 0 Å². The highest BCUT2D eigenvalue weighted by Crippen LogP contribution is 2.16. The Bertz CT molecular complexity index is 336. The van der Waals surface area contributed by atoms with Crippen molar-refractivity contribution in [1.82, 2.24) is 5.32 Å². The first kappa shape index (κ1) is 15.7. The van der Waals surface area contributed by atoms with E-state index in [1.54, 1.807) is 0 Å². The third-order valence-corrected chi connectivity index (χ3v) is 3.60. The molecule has 0 saturated carbocycles. The molecule has 2 heteroatoms. The highest BCUT2D eigenvalue weighted by atomic mass is 79.9. The van der Waals surface area contributed by atoms with Crippen LogP contribution in [0.2, 0.25) is 0 Å². The summed E-state index contributed by atoms with van der Waals surface area (Å²) in [5.41, 5.74) is 1.43. The predicted octanol–water partition coefficient (Wildman–Crippen LogP) is 4.80. The highest BCUT2D eigenvalue weighted by molar-refractivity contribution is 9.10. The van der Waals surface area contributed by atoms with Gasteiger partial charge in [-0.3, -0.25) is 0 Å². The Morgan fingerprint density at radius 2 is 2.06 bits per heavy atom. The summed E-state index contributed by atoms with van der Waals surface area (Å²) in [6.07, 6.45) is 4.88. The first-order valence-electron chi connectivity index (χ1n) is 7.09. The molecule has 0 aliphatic rings. The van der Waals surface area contributed by atoms with Crippen LogP contribution in [0, 0.1) is 5.92 Å². The van der Waals surface area contributed by atoms with Crippen LogP contribution in [0.3, 0.4) is 0 Å². The van der Waals surface area contributed by atoms with E-state index in [2.05, 4.69) is 66.3 Å². The molecule has 0 bridgehead atoms. The second-order valence-corrected chi connectivity index (χ2v) is 6.36. The summed E-state index contributed by atoms with van der Waals surface area (Å²) in [5, 5.41) is 3.67. The van der Waals surface area contributed by atoms with Gasteiger partial charge in [-0.1, -0.05) is 48.8 Å². The second kappa shape index (κ2) is 8.71. The van der Waals surface area contributed by atoms with E-state index < -0.39 is 0 Å². The molecular formula is C16H26BrN. The van der Waals surface area contributed by atoms with Crippen molar-refractivity contribution >= 4 is 15.9 Å². The Labute approximate surface area is 120 Å². The van der Waals surface area contributed by atoms with E-state index in [0.717, 1.165) is 18.9 Å². The van der Waals surface area contributed by atoms with Gasteiger partial charge in [0.15, 0.2) is 0 Å². The molecule has 0 spiro atoms. The van der Waals surface area contributed by atoms with Crippen molar-refractivity contribution in [3.05, 3.63) is 34.3 Å². The minimum atomic E-state index is 0.656. The Hall–Kier alpha value is -0.340. The molecule has 1 N–H and O–H groups in total. The monoisotopic (exact) mass is 311 g/mol. The maximum absolute atomic E-state index is 3.67. The SMILES string of the molecule is CCCNC(CCc1cccc(Br)c1)CC(C)C. The summed E-state index contributed by atoms with van der Waals surface area (Å²) in [4.78, 5) is 0. The molecule has 18 heavy (non-hydrogen) atoms. The van der Waals surface area contributed by atoms with Gasteiger partial charge in [0.05, 0.1) is 0 Å². The fraction of sp³-hybridized carbons (Fsp3) is 0.625. The van der Waals surface area contributed by atoms with E-state index in [0.29, 0.717) is 6.04 Å². The molecule has 0 radical (unpaired) electrons. The molecule has 1 atom stereocenters. The average Bonchev–Trinajstić information content (AvgIpc) is 2.32. The minimum absolute atomic E-state index is 0.656. The van der Waals surface area contributed by atoms with Crippen molar-refractivity contribution < 1.29 is 0 Å². The summed E-state index contributed by atoms with van der Waals surface area (Å²) < 4.78 is 1.18. The Kier molecular flexibility index (Phi) is 7.60. The first-order chi connectivity index (χ1) is 8.61. The lowest BCUT2D eigenvalue weighted by Crippen LogP contribution is -2.31. The van der Waals surface area contributed by atoms with Crippen LogP contribution in [0.1, 0.15) is 45.6 Å². The third-order valence-electron chi connectivity index (χ3n) is 3.11. The van der Waals surface area contributed by atoms with Gasteiger partial charge in [-0.25, -0.2) is 0 Å². The molecule has 1 aromatic carbocycles. The van der Waals surface area contributed by atoms with Gasteiger partial charge in [-0.15, -0.1) is 0 Å². The summed E-state index contributed by atoms with van der Waals surface area (Å²) in [6.45, 7) is 7.98. The van der Waals surface area contributed by atoms with Gasteiger partial charge in [-0.05, 0) is 55.8 Å². The van der Waals surface area contributed by atoms with E-state index in [-0.39, 0.29) is 0 Å². The van der Waals surface area contributed by atoms with E-state index in [1.807, 2.05) is 0 Å². The van der Waals surface area contributed by atoms with E-state index >= 15 is 0 Å². The Balaban J connectivity index is 2.44. The molecule has 0 amide bonds. The number of hydrogen-bond acceptors (Lipinski definition) is 1. The van der Waals surface area contributed by atoms with Crippen molar-refractivity contribution in [3.8, 4) is 0 Å². The molecule has 0 fully saturated rings. The summed E-state index contributed by atoms with van der Waals surface area (Å²) in [5.74, 6) is 0.766. The lowest BCUT2D eigenvalue weighted by atomic mass is 9.97. The molecule has 1 aromatic rings. The predicted molar refractivity (Wildman–Crippen MR) is 84.0 cm³/mol. The molecule has 0 aliphatic carbocycles. The van der Waals surface area contributed by atoms with Crippen LogP contribution >= 0.6 is 15.9 Å². The lowest BCUT2D eigenvalue weighted by Gasteiger charge is -2.20. The Morgan fingerprint density at radius 1 is 1.28 bits per heavy atom. The third kappa shape index (κ3) is 6.55. The van der Waals surface area contributed by atoms with Gasteiger partial charge in [0.1, 0.15) is 0 Å². The van der Waals surface area contributed by atoms with Gasteiger partial charge in [0.25, 0.3) is 0 Å². The fourth-order valence-corrected chi connectivity index (χ4v) is 2.70. The molecule has 1 nitrogen and oxygen atoms in total. The molecule has 1 unspecified atom stereocenters. The van der Waals surface area contributed by atoms with Gasteiger partial charge in [0, 0.05) is 10.5 Å². The molecule has 0 aromatic heterocycles. The van der Waals surface area contributed by atoms with Gasteiger partial charge in [-0.2, -0.15) is 0 Å². The molecule has 0 saturated heterocycles. The van der Waals surface area contributed by atoms with E-state index in [9.17, 15) is 0 Å². The molecular weight excluding hydrogens is 286 g/mol. The van der Waals surface area contributed by atoms with Crippen molar-refractivity contribution in [2.24, 2.45) is 5.92 Å². The smallest absolute Gasteiger partial charge is 0.0177 e. The van der Waals surface area contributed by atoms with Crippen molar-refractivity contribution in [3.63, 3.8) is 0 Å². The number of hydrogen-bond donors (Lipinski definition) is 1. The summed E-state index contributed by atoms with van der Waals surface area (Å²) in [6, 6.07) is 9.31. The fourth-order valence-electron chi connectivity index (χ4n) is 2.25. The number of rotatable bonds is 8. The molecule has 0 heterocycles. The number of halogens is 1. The molecule has 1 rings (SSSR count). The topological polar surface area (TPSA) is 12.0 Å². The summed E-state index contributed by atoms with van der Waals surface area (Å²) >= 11 is 3.54. The lowest BCUT2D eigenvalue weighted by molar-refractivity contribution is 0.398. The maximum atomic E-state index is 3.67. The van der Waals surface area contributed by atoms with Crippen LogP contribution in [-0.4, -0.2) is 12.6 Å². The minimum Gasteiger partial charge on any atom is -0.314 e. The number of nitrogens with one attached hydrogen (secondary N) is 1. The van der Waals surface area contributed by atoms with Gasteiger partial charge in [0.2, 0.25) is 0 Å². The first-order valence-corrected chi connectivity index (χ1v) is 7.89. The van der Waals surface area contributed by atoms with E-state index in [4.69, 9.17) is 0 Å². The largest absolute Gasteiger partial charge is 0.314 e. The summed E-state index contributed by atoms with van der Waals surface area (Å²) in [7, 11) is 0. The normalized spacial score (nSPS) is 12.9. The second-order valence-electron chi connectivity index (χ2n) is 5.45. The van der Waals surface area contributed by atoms with Crippen LogP contribution < -0.4 is 5.32 Å². The van der Waals surface area contributed by atoms with E-state index in [1.165, 1.54) is 29.3 Å². The zero-order valence-corrected chi connectivity index (χ0v) is 13.5. The highest BCUT2D eigenvalue weighted by Gasteiger charge is 2.10. The number of aryl methyl sites for hydroxylation is 1. The molecule has 102 valence electrons. The van der Waals surface area contributed by atoms with Crippen LogP contribution in [0.5, 0.6) is 0 Å². The van der Waals surface area contributed by atoms with Crippen LogP contribution in [0.4, 0.5) is 0 Å². The van der Waals surface area contributed by atoms with Gasteiger partial charge < -0.3 is 5.32 Å². The average molecular weight is 312 g/mol. The Morgan fingerprint density at radius 3 is 2.67 bits per heavy atom. The van der Waals surface area contributed by atoms with Gasteiger partial charge >= 0.3 is 0 Å². The number of benzene rings is 1. The molecule has 0 aliphatic heterocycles. The van der Waals surface area contributed by atoms with Crippen molar-refractivity contribution in [2.45, 2.75) is 52.5 Å². The van der Waals surface area contributed by atoms with Crippen LogP contribution in [0.15, 0.2) is 28.7 Å². The van der Waals surface area contributed by atoms with Crippen molar-refractivity contribution in [2.75, 3.05) is 6.54 Å². The zero-order chi connectivity index (χ0) is 13.4. The zero-order valence-electron chi connectivity index (χ0n) is 11.9. The van der Waals surface area contributed by atoms with Crippen LogP contribution in [-0.2, 0) is 6.42 Å². The standard InChI is InChI=1S/C16H26BrN/c1-4-10-18-16(11-13(2)3)9-8-14-6-5-7-15(17)12-14/h5-7,12-13,16,18H,4,8-11H2,1-3H3. The quantitative estimate of drug-likeness (QED) is 0.727.